The van der Waals surface area contributed by atoms with Gasteiger partial charge < -0.3 is 0 Å². The number of hydrogen-bond acceptors (Lipinski definition) is 2. The summed E-state index contributed by atoms with van der Waals surface area (Å²) >= 11 is 5.84. The number of ketones is 1. The van der Waals surface area contributed by atoms with Crippen LogP contribution in [0, 0.1) is 0 Å². The molecule has 2 rings (SSSR count). The fourth-order valence-corrected chi connectivity index (χ4v) is 1.70. The van der Waals surface area contributed by atoms with Crippen molar-refractivity contribution < 1.29 is 18.0 Å². The zero-order chi connectivity index (χ0) is 14.0. The van der Waals surface area contributed by atoms with Crippen molar-refractivity contribution in [2.75, 3.05) is 0 Å². The summed E-state index contributed by atoms with van der Waals surface area (Å²) in [7, 11) is 0. The van der Waals surface area contributed by atoms with Crippen LogP contribution in [0.4, 0.5) is 13.2 Å². The van der Waals surface area contributed by atoms with Gasteiger partial charge in [0.2, 0.25) is 5.78 Å². The van der Waals surface area contributed by atoms with Crippen LogP contribution in [0.2, 0.25) is 5.02 Å². The first-order valence-electron chi connectivity index (χ1n) is 5.22. The van der Waals surface area contributed by atoms with Crippen LogP contribution in [0.25, 0.3) is 0 Å². The summed E-state index contributed by atoms with van der Waals surface area (Å²) in [5.41, 5.74) is -0.777. The molecule has 0 fully saturated rings. The quantitative estimate of drug-likeness (QED) is 0.781. The molecule has 1 heterocycles. The van der Waals surface area contributed by atoms with Gasteiger partial charge in [-0.05, 0) is 24.3 Å². The van der Waals surface area contributed by atoms with Crippen molar-refractivity contribution in [3.8, 4) is 0 Å². The first kappa shape index (κ1) is 13.5. The van der Waals surface area contributed by atoms with E-state index in [9.17, 15) is 18.0 Å². The van der Waals surface area contributed by atoms with Gasteiger partial charge in [-0.25, -0.2) is 0 Å². The molecule has 0 saturated heterocycles. The SMILES string of the molecule is O=C(c1ccc(C(F)(F)F)cn1)c1ccccc1Cl. The Morgan fingerprint density at radius 3 is 2.32 bits per heavy atom. The van der Waals surface area contributed by atoms with Gasteiger partial charge >= 0.3 is 6.18 Å². The van der Waals surface area contributed by atoms with E-state index in [1.807, 2.05) is 0 Å². The second kappa shape index (κ2) is 5.01. The van der Waals surface area contributed by atoms with Crippen LogP contribution in [-0.2, 0) is 6.18 Å². The van der Waals surface area contributed by atoms with Gasteiger partial charge in [-0.3, -0.25) is 9.78 Å². The second-order valence-electron chi connectivity index (χ2n) is 3.74. The Balaban J connectivity index is 2.34. The van der Waals surface area contributed by atoms with E-state index in [1.54, 1.807) is 12.1 Å². The first-order valence-corrected chi connectivity index (χ1v) is 5.60. The van der Waals surface area contributed by atoms with E-state index in [4.69, 9.17) is 11.6 Å². The van der Waals surface area contributed by atoms with Gasteiger partial charge in [0.15, 0.2) is 0 Å². The molecule has 0 spiro atoms. The Bertz CT molecular complexity index is 608. The lowest BCUT2D eigenvalue weighted by atomic mass is 10.1. The number of carbonyl (C=O) groups is 1. The standard InChI is InChI=1S/C13H7ClF3NO/c14-10-4-2-1-3-9(10)12(19)11-6-5-8(7-18-11)13(15,16)17/h1-7H. The number of pyridine rings is 1. The maximum absolute atomic E-state index is 12.4. The molecule has 98 valence electrons. The van der Waals surface area contributed by atoms with Crippen molar-refractivity contribution in [2.45, 2.75) is 6.18 Å². The molecular formula is C13H7ClF3NO. The highest BCUT2D eigenvalue weighted by Crippen LogP contribution is 2.28. The lowest BCUT2D eigenvalue weighted by molar-refractivity contribution is -0.137. The van der Waals surface area contributed by atoms with Gasteiger partial charge in [0.05, 0.1) is 10.6 Å². The van der Waals surface area contributed by atoms with Crippen LogP contribution in [0.15, 0.2) is 42.6 Å². The molecule has 0 aliphatic carbocycles. The van der Waals surface area contributed by atoms with E-state index < -0.39 is 17.5 Å². The van der Waals surface area contributed by atoms with E-state index >= 15 is 0 Å². The highest BCUT2D eigenvalue weighted by molar-refractivity contribution is 6.34. The van der Waals surface area contributed by atoms with Crippen molar-refractivity contribution in [1.29, 1.82) is 0 Å². The van der Waals surface area contributed by atoms with Crippen molar-refractivity contribution in [2.24, 2.45) is 0 Å². The fourth-order valence-electron chi connectivity index (χ4n) is 1.48. The predicted octanol–water partition coefficient (Wildman–Crippen LogP) is 3.98. The summed E-state index contributed by atoms with van der Waals surface area (Å²) in [6.07, 6.45) is -3.84. The summed E-state index contributed by atoms with van der Waals surface area (Å²) in [6.45, 7) is 0. The van der Waals surface area contributed by atoms with Crippen molar-refractivity contribution >= 4 is 17.4 Å². The fraction of sp³-hybridized carbons (Fsp3) is 0.0769. The zero-order valence-electron chi connectivity index (χ0n) is 9.41. The summed E-state index contributed by atoms with van der Waals surface area (Å²) < 4.78 is 37.1. The van der Waals surface area contributed by atoms with Crippen LogP contribution < -0.4 is 0 Å². The van der Waals surface area contributed by atoms with Crippen molar-refractivity contribution in [3.63, 3.8) is 0 Å². The summed E-state index contributed by atoms with van der Waals surface area (Å²) in [6, 6.07) is 8.14. The molecule has 0 aliphatic rings. The van der Waals surface area contributed by atoms with Crippen molar-refractivity contribution in [3.05, 3.63) is 64.4 Å². The molecule has 19 heavy (non-hydrogen) atoms. The monoisotopic (exact) mass is 285 g/mol. The van der Waals surface area contributed by atoms with E-state index in [-0.39, 0.29) is 16.3 Å². The third-order valence-corrected chi connectivity index (χ3v) is 2.77. The highest BCUT2D eigenvalue weighted by Gasteiger charge is 2.31. The summed E-state index contributed by atoms with van der Waals surface area (Å²) in [5.74, 6) is -0.515. The van der Waals surface area contributed by atoms with Crippen LogP contribution in [0.3, 0.4) is 0 Å². The number of nitrogens with zero attached hydrogens (tertiary/aromatic N) is 1. The van der Waals surface area contributed by atoms with Crippen LogP contribution in [0.1, 0.15) is 21.6 Å². The maximum atomic E-state index is 12.4. The smallest absolute Gasteiger partial charge is 0.287 e. The molecule has 0 radical (unpaired) electrons. The summed E-state index contributed by atoms with van der Waals surface area (Å²) in [5, 5.41) is 0.231. The molecule has 1 aromatic carbocycles. The van der Waals surface area contributed by atoms with Gasteiger partial charge in [0, 0.05) is 11.8 Å². The van der Waals surface area contributed by atoms with Gasteiger partial charge in [-0.15, -0.1) is 0 Å². The van der Waals surface area contributed by atoms with Crippen LogP contribution in [0.5, 0.6) is 0 Å². The molecule has 6 heteroatoms. The number of halogens is 4. The Morgan fingerprint density at radius 1 is 1.11 bits per heavy atom. The molecular weight excluding hydrogens is 279 g/mol. The minimum Gasteiger partial charge on any atom is -0.287 e. The van der Waals surface area contributed by atoms with Gasteiger partial charge in [0.1, 0.15) is 5.69 Å². The maximum Gasteiger partial charge on any atom is 0.417 e. The Kier molecular flexibility index (Phi) is 3.57. The predicted molar refractivity (Wildman–Crippen MR) is 64.1 cm³/mol. The van der Waals surface area contributed by atoms with Gasteiger partial charge in [-0.2, -0.15) is 13.2 Å². The Hall–Kier alpha value is -1.88. The average Bonchev–Trinajstić information content (AvgIpc) is 2.38. The molecule has 0 unspecified atom stereocenters. The first-order chi connectivity index (χ1) is 8.89. The number of aromatic nitrogens is 1. The number of alkyl halides is 3. The largest absolute Gasteiger partial charge is 0.417 e. The molecule has 0 bridgehead atoms. The highest BCUT2D eigenvalue weighted by atomic mass is 35.5. The lowest BCUT2D eigenvalue weighted by Crippen LogP contribution is -2.09. The molecule has 0 saturated carbocycles. The molecule has 2 nitrogen and oxygen atoms in total. The molecule has 2 aromatic rings. The number of benzene rings is 1. The molecule has 0 aliphatic heterocycles. The molecule has 0 N–H and O–H groups in total. The molecule has 0 amide bonds. The topological polar surface area (TPSA) is 30.0 Å². The van der Waals surface area contributed by atoms with Gasteiger partial charge in [0.25, 0.3) is 0 Å². The van der Waals surface area contributed by atoms with E-state index in [0.717, 1.165) is 12.1 Å². The van der Waals surface area contributed by atoms with E-state index in [1.165, 1.54) is 12.1 Å². The third-order valence-electron chi connectivity index (χ3n) is 2.44. The number of rotatable bonds is 2. The Labute approximate surface area is 111 Å². The minimum absolute atomic E-state index is 0.0823. The number of hydrogen-bond donors (Lipinski definition) is 0. The second-order valence-corrected chi connectivity index (χ2v) is 4.15. The zero-order valence-corrected chi connectivity index (χ0v) is 10.2. The summed E-state index contributed by atoms with van der Waals surface area (Å²) in [4.78, 5) is 15.5. The lowest BCUT2D eigenvalue weighted by Gasteiger charge is -2.07. The third kappa shape index (κ3) is 2.93. The minimum atomic E-state index is -4.47. The van der Waals surface area contributed by atoms with Gasteiger partial charge in [-0.1, -0.05) is 23.7 Å². The Morgan fingerprint density at radius 2 is 1.79 bits per heavy atom. The normalized spacial score (nSPS) is 11.4. The molecule has 0 atom stereocenters. The van der Waals surface area contributed by atoms with E-state index in [0.29, 0.717) is 6.20 Å². The van der Waals surface area contributed by atoms with E-state index in [2.05, 4.69) is 4.98 Å². The molecule has 1 aromatic heterocycles. The van der Waals surface area contributed by atoms with Crippen molar-refractivity contribution in [1.82, 2.24) is 4.98 Å². The van der Waals surface area contributed by atoms with Crippen LogP contribution in [-0.4, -0.2) is 10.8 Å². The average molecular weight is 286 g/mol. The number of carbonyl (C=O) groups excluding carboxylic acids is 1. The van der Waals surface area contributed by atoms with Crippen LogP contribution >= 0.6 is 11.6 Å².